The van der Waals surface area contributed by atoms with Crippen molar-refractivity contribution in [1.82, 2.24) is 0 Å². The third-order valence-electron chi connectivity index (χ3n) is 4.01. The van der Waals surface area contributed by atoms with E-state index in [1.807, 2.05) is 0 Å². The molecule has 0 spiro atoms. The number of carboxylic acid groups (broad SMARTS) is 2. The van der Waals surface area contributed by atoms with Crippen molar-refractivity contribution < 1.29 is 33.0 Å². The van der Waals surface area contributed by atoms with Gasteiger partial charge in [0.2, 0.25) is 0 Å². The van der Waals surface area contributed by atoms with Gasteiger partial charge in [-0.1, -0.05) is 30.3 Å². The van der Waals surface area contributed by atoms with E-state index in [0.29, 0.717) is 0 Å². The standard InChI is InChI=1S/C18H16F3NO4/c1-22(13-9-7-12(8-10-13)18(19,20)21)15(17(25)26)14(16(23)24)11-5-3-2-4-6-11/h2-10,14-15H,1H3,(H,23,24)(H,25,26). The molecule has 2 unspecified atom stereocenters. The van der Waals surface area contributed by atoms with Crippen LogP contribution in [0.4, 0.5) is 18.9 Å². The lowest BCUT2D eigenvalue weighted by Gasteiger charge is -2.31. The molecule has 2 aromatic carbocycles. The van der Waals surface area contributed by atoms with Crippen molar-refractivity contribution in [2.45, 2.75) is 18.1 Å². The Hall–Kier alpha value is -3.03. The predicted molar refractivity (Wildman–Crippen MR) is 88.1 cm³/mol. The summed E-state index contributed by atoms with van der Waals surface area (Å²) < 4.78 is 38.0. The van der Waals surface area contributed by atoms with Gasteiger partial charge in [-0.15, -0.1) is 0 Å². The van der Waals surface area contributed by atoms with Crippen molar-refractivity contribution in [3.63, 3.8) is 0 Å². The normalized spacial score (nSPS) is 13.7. The molecule has 0 bridgehead atoms. The van der Waals surface area contributed by atoms with E-state index in [2.05, 4.69) is 0 Å². The van der Waals surface area contributed by atoms with Crippen LogP contribution >= 0.6 is 0 Å². The SMILES string of the molecule is CN(c1ccc(C(F)(F)F)cc1)C(C(=O)O)C(C(=O)O)c1ccccc1. The zero-order chi connectivity index (χ0) is 19.5. The number of halogens is 3. The molecule has 2 atom stereocenters. The molecule has 0 saturated carbocycles. The van der Waals surface area contributed by atoms with Crippen LogP contribution in [0.15, 0.2) is 54.6 Å². The van der Waals surface area contributed by atoms with Gasteiger partial charge in [-0.05, 0) is 29.8 Å². The fourth-order valence-corrected chi connectivity index (χ4v) is 2.70. The summed E-state index contributed by atoms with van der Waals surface area (Å²) in [6.45, 7) is 0. The largest absolute Gasteiger partial charge is 0.481 e. The Balaban J connectivity index is 2.42. The van der Waals surface area contributed by atoms with Crippen LogP contribution in [0.3, 0.4) is 0 Å². The van der Waals surface area contributed by atoms with Crippen LogP contribution in [-0.4, -0.2) is 35.2 Å². The molecule has 0 amide bonds. The van der Waals surface area contributed by atoms with E-state index in [4.69, 9.17) is 0 Å². The molecule has 0 fully saturated rings. The summed E-state index contributed by atoms with van der Waals surface area (Å²) in [5, 5.41) is 19.1. The van der Waals surface area contributed by atoms with Gasteiger partial charge in [-0.3, -0.25) is 4.79 Å². The Morgan fingerprint density at radius 2 is 1.46 bits per heavy atom. The molecule has 138 valence electrons. The van der Waals surface area contributed by atoms with Gasteiger partial charge in [0.25, 0.3) is 0 Å². The van der Waals surface area contributed by atoms with Gasteiger partial charge in [-0.25, -0.2) is 4.79 Å². The highest BCUT2D eigenvalue weighted by Gasteiger charge is 2.38. The van der Waals surface area contributed by atoms with Gasteiger partial charge in [0, 0.05) is 12.7 Å². The van der Waals surface area contributed by atoms with Gasteiger partial charge < -0.3 is 15.1 Å². The Bertz CT molecular complexity index is 775. The fourth-order valence-electron chi connectivity index (χ4n) is 2.70. The smallest absolute Gasteiger partial charge is 0.416 e. The van der Waals surface area contributed by atoms with Crippen molar-refractivity contribution in [2.75, 3.05) is 11.9 Å². The van der Waals surface area contributed by atoms with Crippen LogP contribution in [0, 0.1) is 0 Å². The maximum atomic E-state index is 12.7. The summed E-state index contributed by atoms with van der Waals surface area (Å²) in [5.41, 5.74) is -0.432. The Kier molecular flexibility index (Phi) is 5.54. The minimum absolute atomic E-state index is 0.160. The first-order valence-corrected chi connectivity index (χ1v) is 7.53. The maximum absolute atomic E-state index is 12.7. The van der Waals surface area contributed by atoms with Gasteiger partial charge in [0.1, 0.15) is 12.0 Å². The Morgan fingerprint density at radius 1 is 0.923 bits per heavy atom. The van der Waals surface area contributed by atoms with E-state index in [-0.39, 0.29) is 11.3 Å². The van der Waals surface area contributed by atoms with E-state index in [1.165, 1.54) is 19.2 Å². The molecule has 26 heavy (non-hydrogen) atoms. The number of carboxylic acids is 2. The molecule has 0 aliphatic heterocycles. The summed E-state index contributed by atoms with van der Waals surface area (Å²) in [6, 6.07) is 10.2. The van der Waals surface area contributed by atoms with E-state index in [9.17, 15) is 33.0 Å². The third-order valence-corrected chi connectivity index (χ3v) is 4.01. The topological polar surface area (TPSA) is 77.8 Å². The highest BCUT2D eigenvalue weighted by Crippen LogP contribution is 2.32. The van der Waals surface area contributed by atoms with Crippen molar-refractivity contribution in [3.8, 4) is 0 Å². The summed E-state index contributed by atoms with van der Waals surface area (Å²) in [7, 11) is 1.33. The molecule has 2 aromatic rings. The Labute approximate surface area is 147 Å². The first-order valence-electron chi connectivity index (χ1n) is 7.53. The minimum Gasteiger partial charge on any atom is -0.481 e. The van der Waals surface area contributed by atoms with E-state index >= 15 is 0 Å². The van der Waals surface area contributed by atoms with Crippen LogP contribution in [0.25, 0.3) is 0 Å². The van der Waals surface area contributed by atoms with Gasteiger partial charge >= 0.3 is 18.1 Å². The van der Waals surface area contributed by atoms with Gasteiger partial charge in [-0.2, -0.15) is 13.2 Å². The number of rotatable bonds is 6. The van der Waals surface area contributed by atoms with E-state index in [1.54, 1.807) is 18.2 Å². The zero-order valence-corrected chi connectivity index (χ0v) is 13.6. The molecule has 2 N–H and O–H groups in total. The lowest BCUT2D eigenvalue weighted by Crippen LogP contribution is -2.46. The summed E-state index contributed by atoms with van der Waals surface area (Å²) in [5.74, 6) is -4.15. The second-order valence-electron chi connectivity index (χ2n) is 5.67. The molecule has 2 rings (SSSR count). The first kappa shape index (κ1) is 19.3. The molecule has 5 nitrogen and oxygen atoms in total. The zero-order valence-electron chi connectivity index (χ0n) is 13.6. The van der Waals surface area contributed by atoms with Crippen molar-refractivity contribution in [2.24, 2.45) is 0 Å². The fraction of sp³-hybridized carbons (Fsp3) is 0.222. The minimum atomic E-state index is -4.52. The third kappa shape index (κ3) is 4.14. The Morgan fingerprint density at radius 3 is 1.88 bits per heavy atom. The molecule has 0 aliphatic rings. The second kappa shape index (κ2) is 7.47. The summed E-state index contributed by atoms with van der Waals surface area (Å²) in [6.07, 6.45) is -4.52. The van der Waals surface area contributed by atoms with Gasteiger partial charge in [0.05, 0.1) is 5.56 Å². The second-order valence-corrected chi connectivity index (χ2v) is 5.67. The molecule has 0 saturated heterocycles. The highest BCUT2D eigenvalue weighted by molar-refractivity contribution is 5.89. The molecule has 0 radical (unpaired) electrons. The van der Waals surface area contributed by atoms with Crippen LogP contribution < -0.4 is 4.90 Å². The monoisotopic (exact) mass is 367 g/mol. The predicted octanol–water partition coefficient (Wildman–Crippen LogP) is 3.46. The molecular weight excluding hydrogens is 351 g/mol. The van der Waals surface area contributed by atoms with Crippen molar-refractivity contribution >= 4 is 17.6 Å². The highest BCUT2D eigenvalue weighted by atomic mass is 19.4. The molecule has 0 heterocycles. The van der Waals surface area contributed by atoms with Gasteiger partial charge in [0.15, 0.2) is 0 Å². The van der Waals surface area contributed by atoms with Crippen LogP contribution in [0.5, 0.6) is 0 Å². The number of alkyl halides is 3. The molecular formula is C18H16F3NO4. The molecule has 8 heteroatoms. The number of anilines is 1. The number of hydrogen-bond donors (Lipinski definition) is 2. The molecule has 0 aromatic heterocycles. The number of carbonyl (C=O) groups is 2. The average Bonchev–Trinajstić information content (AvgIpc) is 2.58. The van der Waals surface area contributed by atoms with Crippen LogP contribution in [0.2, 0.25) is 0 Å². The first-order chi connectivity index (χ1) is 12.1. The van der Waals surface area contributed by atoms with Crippen LogP contribution in [0.1, 0.15) is 17.0 Å². The van der Waals surface area contributed by atoms with E-state index < -0.39 is 35.6 Å². The quantitative estimate of drug-likeness (QED) is 0.818. The van der Waals surface area contributed by atoms with Crippen LogP contribution in [-0.2, 0) is 15.8 Å². The lowest BCUT2D eigenvalue weighted by atomic mass is 9.90. The maximum Gasteiger partial charge on any atom is 0.416 e. The molecule has 0 aliphatic carbocycles. The number of benzene rings is 2. The average molecular weight is 367 g/mol. The number of likely N-dealkylation sites (N-methyl/N-ethyl adjacent to an activating group) is 1. The number of hydrogen-bond acceptors (Lipinski definition) is 3. The van der Waals surface area contributed by atoms with Crippen molar-refractivity contribution in [3.05, 3.63) is 65.7 Å². The summed E-state index contributed by atoms with van der Waals surface area (Å²) in [4.78, 5) is 24.7. The number of aliphatic carboxylic acids is 2. The lowest BCUT2D eigenvalue weighted by molar-refractivity contribution is -0.146. The number of nitrogens with zero attached hydrogens (tertiary/aromatic N) is 1. The summed E-state index contributed by atoms with van der Waals surface area (Å²) >= 11 is 0. The van der Waals surface area contributed by atoms with E-state index in [0.717, 1.165) is 29.2 Å². The van der Waals surface area contributed by atoms with Crippen molar-refractivity contribution in [1.29, 1.82) is 0 Å².